The van der Waals surface area contributed by atoms with Crippen molar-refractivity contribution in [1.82, 2.24) is 4.98 Å². The molecule has 0 aliphatic carbocycles. The summed E-state index contributed by atoms with van der Waals surface area (Å²) in [7, 11) is 1.29. The third-order valence-corrected chi connectivity index (χ3v) is 2.36. The molecule has 5 nitrogen and oxygen atoms in total. The molecular formula is C8H12N2O3S. The lowest BCUT2D eigenvalue weighted by molar-refractivity contribution is 0.0595. The number of hydrogen-bond donors (Lipinski definition) is 1. The molecule has 0 saturated heterocycles. The van der Waals surface area contributed by atoms with E-state index in [4.69, 9.17) is 10.5 Å². The summed E-state index contributed by atoms with van der Waals surface area (Å²) in [5, 5.41) is 1.05. The van der Waals surface area contributed by atoms with E-state index in [0.29, 0.717) is 23.2 Å². The van der Waals surface area contributed by atoms with Crippen LogP contribution in [0.4, 0.5) is 5.00 Å². The van der Waals surface area contributed by atoms with E-state index in [0.717, 1.165) is 0 Å². The Kier molecular flexibility index (Phi) is 3.84. The van der Waals surface area contributed by atoms with Gasteiger partial charge in [0.15, 0.2) is 5.69 Å². The van der Waals surface area contributed by atoms with Gasteiger partial charge in [0, 0.05) is 6.61 Å². The van der Waals surface area contributed by atoms with Crippen molar-refractivity contribution >= 4 is 22.3 Å². The zero-order valence-corrected chi connectivity index (χ0v) is 8.89. The number of aromatic nitrogens is 1. The van der Waals surface area contributed by atoms with Gasteiger partial charge in [-0.1, -0.05) is 11.3 Å². The molecule has 0 aliphatic heterocycles. The van der Waals surface area contributed by atoms with Crippen LogP contribution in [-0.4, -0.2) is 24.7 Å². The fourth-order valence-corrected chi connectivity index (χ4v) is 1.63. The lowest BCUT2D eigenvalue weighted by Crippen LogP contribution is -2.04. The molecular weight excluding hydrogens is 204 g/mol. The van der Waals surface area contributed by atoms with E-state index in [-0.39, 0.29) is 5.69 Å². The van der Waals surface area contributed by atoms with Crippen LogP contribution in [0.5, 0.6) is 0 Å². The Balaban J connectivity index is 2.77. The van der Waals surface area contributed by atoms with E-state index in [9.17, 15) is 4.79 Å². The summed E-state index contributed by atoms with van der Waals surface area (Å²) in [6.07, 6.45) is 0. The molecule has 0 spiro atoms. The van der Waals surface area contributed by atoms with E-state index in [1.165, 1.54) is 18.4 Å². The van der Waals surface area contributed by atoms with Gasteiger partial charge < -0.3 is 15.2 Å². The quantitative estimate of drug-likeness (QED) is 0.761. The first-order chi connectivity index (χ1) is 6.69. The molecule has 0 saturated carbocycles. The van der Waals surface area contributed by atoms with Crippen LogP contribution in [0.15, 0.2) is 0 Å². The van der Waals surface area contributed by atoms with Gasteiger partial charge in [0.2, 0.25) is 0 Å². The first-order valence-corrected chi connectivity index (χ1v) is 4.92. The van der Waals surface area contributed by atoms with Crippen molar-refractivity contribution < 1.29 is 14.3 Å². The number of nitrogen functional groups attached to an aromatic ring is 1. The molecule has 0 atom stereocenters. The summed E-state index contributed by atoms with van der Waals surface area (Å²) in [5.41, 5.74) is 5.76. The molecule has 0 aliphatic rings. The molecule has 1 rings (SSSR count). The molecule has 0 radical (unpaired) electrons. The highest BCUT2D eigenvalue weighted by Gasteiger charge is 2.16. The molecule has 1 heterocycles. The SMILES string of the molecule is CCOCc1nc(C(=O)OC)c(N)s1. The number of nitrogens with two attached hydrogens (primary N) is 1. The number of ether oxygens (including phenoxy) is 2. The van der Waals surface area contributed by atoms with Crippen LogP contribution in [0, 0.1) is 0 Å². The van der Waals surface area contributed by atoms with Crippen LogP contribution >= 0.6 is 11.3 Å². The number of thiazole rings is 1. The Morgan fingerprint density at radius 1 is 1.64 bits per heavy atom. The molecule has 0 unspecified atom stereocenters. The maximum atomic E-state index is 11.1. The first kappa shape index (κ1) is 10.9. The lowest BCUT2D eigenvalue weighted by Gasteiger charge is -1.95. The van der Waals surface area contributed by atoms with Gasteiger partial charge in [-0.15, -0.1) is 0 Å². The van der Waals surface area contributed by atoms with Crippen LogP contribution in [0.1, 0.15) is 22.4 Å². The minimum Gasteiger partial charge on any atom is -0.464 e. The highest BCUT2D eigenvalue weighted by Crippen LogP contribution is 2.22. The predicted molar refractivity (Wildman–Crippen MR) is 53.2 cm³/mol. The third kappa shape index (κ3) is 2.43. The summed E-state index contributed by atoms with van der Waals surface area (Å²) >= 11 is 1.24. The minimum atomic E-state index is -0.513. The van der Waals surface area contributed by atoms with Gasteiger partial charge >= 0.3 is 5.97 Å². The monoisotopic (exact) mass is 216 g/mol. The van der Waals surface area contributed by atoms with Crippen LogP contribution in [0.3, 0.4) is 0 Å². The van der Waals surface area contributed by atoms with Crippen molar-refractivity contribution in [3.63, 3.8) is 0 Å². The maximum Gasteiger partial charge on any atom is 0.359 e. The second-order valence-electron chi connectivity index (χ2n) is 2.45. The zero-order valence-electron chi connectivity index (χ0n) is 8.07. The average Bonchev–Trinajstić information content (AvgIpc) is 2.55. The lowest BCUT2D eigenvalue weighted by atomic mass is 10.5. The fraction of sp³-hybridized carbons (Fsp3) is 0.500. The number of hydrogen-bond acceptors (Lipinski definition) is 6. The average molecular weight is 216 g/mol. The van der Waals surface area contributed by atoms with Gasteiger partial charge in [0.25, 0.3) is 0 Å². The molecule has 78 valence electrons. The summed E-state index contributed by atoms with van der Waals surface area (Å²) < 4.78 is 9.66. The van der Waals surface area contributed by atoms with Crippen molar-refractivity contribution in [2.75, 3.05) is 19.5 Å². The molecule has 6 heteroatoms. The number of nitrogens with zero attached hydrogens (tertiary/aromatic N) is 1. The Bertz CT molecular complexity index is 324. The largest absolute Gasteiger partial charge is 0.464 e. The smallest absolute Gasteiger partial charge is 0.359 e. The molecule has 0 aromatic carbocycles. The molecule has 0 fully saturated rings. The van der Waals surface area contributed by atoms with Crippen molar-refractivity contribution in [2.24, 2.45) is 0 Å². The normalized spacial score (nSPS) is 10.1. The Morgan fingerprint density at radius 3 is 2.93 bits per heavy atom. The summed E-state index contributed by atoms with van der Waals surface area (Å²) in [6, 6.07) is 0. The zero-order chi connectivity index (χ0) is 10.6. The Hall–Kier alpha value is -1.14. The van der Waals surface area contributed by atoms with E-state index in [1.807, 2.05) is 6.92 Å². The maximum absolute atomic E-state index is 11.1. The van der Waals surface area contributed by atoms with E-state index >= 15 is 0 Å². The van der Waals surface area contributed by atoms with Crippen LogP contribution < -0.4 is 5.73 Å². The topological polar surface area (TPSA) is 74.4 Å². The first-order valence-electron chi connectivity index (χ1n) is 4.10. The number of rotatable bonds is 4. The van der Waals surface area contributed by atoms with Crippen molar-refractivity contribution in [3.8, 4) is 0 Å². The number of carbonyl (C=O) groups is 1. The Labute approximate surface area is 85.8 Å². The van der Waals surface area contributed by atoms with Crippen molar-refractivity contribution in [1.29, 1.82) is 0 Å². The predicted octanol–water partition coefficient (Wildman–Crippen LogP) is 1.05. The second kappa shape index (κ2) is 4.92. The van der Waals surface area contributed by atoms with E-state index in [2.05, 4.69) is 9.72 Å². The molecule has 0 amide bonds. The van der Waals surface area contributed by atoms with Crippen molar-refractivity contribution in [3.05, 3.63) is 10.7 Å². The van der Waals surface area contributed by atoms with Crippen LogP contribution in [-0.2, 0) is 16.1 Å². The van der Waals surface area contributed by atoms with Gasteiger partial charge in [-0.05, 0) is 6.92 Å². The summed E-state index contributed by atoms with van der Waals surface area (Å²) in [6.45, 7) is 2.87. The Morgan fingerprint density at radius 2 is 2.36 bits per heavy atom. The van der Waals surface area contributed by atoms with Crippen LogP contribution in [0.25, 0.3) is 0 Å². The van der Waals surface area contributed by atoms with Gasteiger partial charge in [-0.3, -0.25) is 0 Å². The third-order valence-electron chi connectivity index (χ3n) is 1.51. The van der Waals surface area contributed by atoms with E-state index < -0.39 is 5.97 Å². The highest BCUT2D eigenvalue weighted by molar-refractivity contribution is 7.15. The molecule has 2 N–H and O–H groups in total. The van der Waals surface area contributed by atoms with Crippen LogP contribution in [0.2, 0.25) is 0 Å². The second-order valence-corrected chi connectivity index (χ2v) is 3.56. The molecule has 1 aromatic heterocycles. The van der Waals surface area contributed by atoms with E-state index in [1.54, 1.807) is 0 Å². The van der Waals surface area contributed by atoms with Gasteiger partial charge in [0.1, 0.15) is 10.0 Å². The summed E-state index contributed by atoms with van der Waals surface area (Å²) in [5.74, 6) is -0.513. The van der Waals surface area contributed by atoms with Gasteiger partial charge in [-0.2, -0.15) is 0 Å². The van der Waals surface area contributed by atoms with Gasteiger partial charge in [0.05, 0.1) is 13.7 Å². The minimum absolute atomic E-state index is 0.173. The molecule has 14 heavy (non-hydrogen) atoms. The molecule has 0 bridgehead atoms. The number of carbonyl (C=O) groups excluding carboxylic acids is 1. The fourth-order valence-electron chi connectivity index (χ4n) is 0.872. The molecule has 1 aromatic rings. The number of methoxy groups -OCH3 is 1. The highest BCUT2D eigenvalue weighted by atomic mass is 32.1. The standard InChI is InChI=1S/C8H12N2O3S/c1-3-13-4-5-10-6(7(9)14-5)8(11)12-2/h3-4,9H2,1-2H3. The van der Waals surface area contributed by atoms with Gasteiger partial charge in [-0.25, -0.2) is 9.78 Å². The van der Waals surface area contributed by atoms with Crippen molar-refractivity contribution in [2.45, 2.75) is 13.5 Å². The summed E-state index contributed by atoms with van der Waals surface area (Å²) in [4.78, 5) is 15.1. The number of esters is 1. The number of anilines is 1.